The number of carbonyl (C=O) groups is 2. The van der Waals surface area contributed by atoms with E-state index < -0.39 is 17.6 Å². The fourth-order valence-corrected chi connectivity index (χ4v) is 4.36. The number of rotatable bonds is 4. The number of fused-ring (bicyclic) bond motifs is 1. The summed E-state index contributed by atoms with van der Waals surface area (Å²) < 4.78 is 50.8. The van der Waals surface area contributed by atoms with Crippen molar-refractivity contribution in [3.05, 3.63) is 58.0 Å². The van der Waals surface area contributed by atoms with Crippen LogP contribution in [0.3, 0.4) is 0 Å². The molecule has 1 fully saturated rings. The van der Waals surface area contributed by atoms with Gasteiger partial charge >= 0.3 is 6.18 Å². The summed E-state index contributed by atoms with van der Waals surface area (Å²) in [5.41, 5.74) is 0.363. The first-order valence-electron chi connectivity index (χ1n) is 9.22. The number of halogens is 3. The Hall–Kier alpha value is -3.05. The SMILES string of the molecule is COc1ccc(CN2C(=O)COc3ccc(C=C4SC(=S)NC4=O)cc32)cc1C(F)(F)F. The fourth-order valence-electron chi connectivity index (χ4n) is 3.31. The van der Waals surface area contributed by atoms with Crippen LogP contribution in [0.4, 0.5) is 18.9 Å². The molecule has 4 rings (SSSR count). The molecule has 0 saturated carbocycles. The minimum absolute atomic E-state index is 0.0956. The Morgan fingerprint density at radius 1 is 1.25 bits per heavy atom. The predicted molar refractivity (Wildman–Crippen MR) is 117 cm³/mol. The lowest BCUT2D eigenvalue weighted by atomic mass is 10.1. The molecule has 0 bridgehead atoms. The standard InChI is InChI=1S/C21H15F3N2O4S2/c1-29-15-4-3-12(6-13(15)21(22,23)24)9-26-14-7-11(2-5-16(14)30-10-18(26)27)8-17-19(28)25-20(31)32-17/h2-8H,9-10H2,1H3,(H,25,28,31). The number of thiocarbonyl (C=S) groups is 1. The van der Waals surface area contributed by atoms with E-state index in [-0.39, 0.29) is 30.4 Å². The molecule has 1 saturated heterocycles. The maximum atomic E-state index is 13.4. The molecule has 2 aliphatic heterocycles. The molecule has 6 nitrogen and oxygen atoms in total. The van der Waals surface area contributed by atoms with Gasteiger partial charge in [-0.2, -0.15) is 13.2 Å². The first-order valence-corrected chi connectivity index (χ1v) is 10.4. The lowest BCUT2D eigenvalue weighted by molar-refractivity contribution is -0.138. The van der Waals surface area contributed by atoms with Crippen molar-refractivity contribution in [2.24, 2.45) is 0 Å². The summed E-state index contributed by atoms with van der Waals surface area (Å²) in [4.78, 5) is 26.2. The van der Waals surface area contributed by atoms with Gasteiger partial charge in [-0.1, -0.05) is 36.1 Å². The zero-order chi connectivity index (χ0) is 23.0. The molecule has 2 aliphatic rings. The van der Waals surface area contributed by atoms with Crippen LogP contribution in [0, 0.1) is 0 Å². The van der Waals surface area contributed by atoms with Gasteiger partial charge in [0.2, 0.25) is 0 Å². The summed E-state index contributed by atoms with van der Waals surface area (Å²) >= 11 is 6.10. The number of nitrogens with one attached hydrogen (secondary N) is 1. The summed E-state index contributed by atoms with van der Waals surface area (Å²) in [7, 11) is 1.16. The van der Waals surface area contributed by atoms with Crippen LogP contribution in [0.1, 0.15) is 16.7 Å². The molecule has 0 unspecified atom stereocenters. The average molecular weight is 480 g/mol. The highest BCUT2D eigenvalue weighted by molar-refractivity contribution is 8.26. The topological polar surface area (TPSA) is 67.9 Å². The fraction of sp³-hybridized carbons (Fsp3) is 0.190. The van der Waals surface area contributed by atoms with Crippen LogP contribution in [0.25, 0.3) is 6.08 Å². The third-order valence-electron chi connectivity index (χ3n) is 4.78. The molecule has 1 N–H and O–H groups in total. The van der Waals surface area contributed by atoms with Crippen molar-refractivity contribution in [3.63, 3.8) is 0 Å². The molecular weight excluding hydrogens is 465 g/mol. The molecule has 32 heavy (non-hydrogen) atoms. The Balaban J connectivity index is 1.68. The Kier molecular flexibility index (Phi) is 5.87. The van der Waals surface area contributed by atoms with Gasteiger partial charge in [-0.05, 0) is 41.5 Å². The second-order valence-electron chi connectivity index (χ2n) is 6.88. The third kappa shape index (κ3) is 4.44. The number of nitrogens with zero attached hydrogens (tertiary/aromatic N) is 1. The maximum Gasteiger partial charge on any atom is 0.419 e. The summed E-state index contributed by atoms with van der Waals surface area (Å²) in [5, 5.41) is 2.52. The van der Waals surface area contributed by atoms with E-state index in [2.05, 4.69) is 5.32 Å². The van der Waals surface area contributed by atoms with E-state index in [1.54, 1.807) is 24.3 Å². The molecule has 0 aromatic heterocycles. The van der Waals surface area contributed by atoms with Gasteiger partial charge in [0.25, 0.3) is 11.8 Å². The summed E-state index contributed by atoms with van der Waals surface area (Å²) in [6.45, 7) is -0.330. The lowest BCUT2D eigenvalue weighted by Gasteiger charge is -2.30. The van der Waals surface area contributed by atoms with Crippen LogP contribution < -0.4 is 19.7 Å². The number of methoxy groups -OCH3 is 1. The van der Waals surface area contributed by atoms with Crippen molar-refractivity contribution in [1.82, 2.24) is 5.32 Å². The van der Waals surface area contributed by atoms with E-state index in [1.165, 1.54) is 17.0 Å². The quantitative estimate of drug-likeness (QED) is 0.525. The van der Waals surface area contributed by atoms with E-state index >= 15 is 0 Å². The highest BCUT2D eigenvalue weighted by Crippen LogP contribution is 2.39. The van der Waals surface area contributed by atoms with Crippen LogP contribution in [0.15, 0.2) is 41.3 Å². The van der Waals surface area contributed by atoms with Gasteiger partial charge in [0.15, 0.2) is 6.61 Å². The molecule has 2 heterocycles. The van der Waals surface area contributed by atoms with Gasteiger partial charge < -0.3 is 19.7 Å². The largest absolute Gasteiger partial charge is 0.496 e. The van der Waals surface area contributed by atoms with E-state index in [0.717, 1.165) is 24.9 Å². The summed E-state index contributed by atoms with van der Waals surface area (Å²) in [6.07, 6.45) is -2.99. The molecule has 2 amide bonds. The van der Waals surface area contributed by atoms with Gasteiger partial charge in [0, 0.05) is 0 Å². The number of hydrogen-bond acceptors (Lipinski definition) is 6. The molecule has 0 spiro atoms. The van der Waals surface area contributed by atoms with Crippen LogP contribution in [0.2, 0.25) is 0 Å². The van der Waals surface area contributed by atoms with Gasteiger partial charge in [-0.15, -0.1) is 0 Å². The normalized spacial score (nSPS) is 17.3. The van der Waals surface area contributed by atoms with Crippen molar-refractivity contribution >= 4 is 51.9 Å². The summed E-state index contributed by atoms with van der Waals surface area (Å²) in [6, 6.07) is 8.67. The first-order chi connectivity index (χ1) is 15.2. The van der Waals surface area contributed by atoms with Gasteiger partial charge in [-0.25, -0.2) is 0 Å². The zero-order valence-corrected chi connectivity index (χ0v) is 18.1. The Labute approximate surface area is 190 Å². The highest BCUT2D eigenvalue weighted by Gasteiger charge is 2.35. The smallest absolute Gasteiger partial charge is 0.419 e. The third-order valence-corrected chi connectivity index (χ3v) is 5.94. The maximum absolute atomic E-state index is 13.4. The second kappa shape index (κ2) is 8.47. The minimum atomic E-state index is -4.60. The van der Waals surface area contributed by atoms with Crippen molar-refractivity contribution < 1.29 is 32.2 Å². The van der Waals surface area contributed by atoms with Crippen LogP contribution in [-0.2, 0) is 22.3 Å². The van der Waals surface area contributed by atoms with Crippen molar-refractivity contribution in [2.45, 2.75) is 12.7 Å². The number of ether oxygens (including phenoxy) is 2. The Morgan fingerprint density at radius 2 is 2.03 bits per heavy atom. The predicted octanol–water partition coefficient (Wildman–Crippen LogP) is 4.13. The molecule has 166 valence electrons. The van der Waals surface area contributed by atoms with E-state index in [4.69, 9.17) is 21.7 Å². The molecule has 2 aromatic carbocycles. The number of carbonyl (C=O) groups excluding carboxylic acids is 2. The Bertz CT molecular complexity index is 1160. The van der Waals surface area contributed by atoms with E-state index in [1.807, 2.05) is 0 Å². The monoisotopic (exact) mass is 480 g/mol. The van der Waals surface area contributed by atoms with Crippen molar-refractivity contribution in [1.29, 1.82) is 0 Å². The van der Waals surface area contributed by atoms with Gasteiger partial charge in [-0.3, -0.25) is 9.59 Å². The molecule has 0 radical (unpaired) electrons. The number of anilines is 1. The van der Waals surface area contributed by atoms with Crippen LogP contribution in [-0.4, -0.2) is 29.9 Å². The zero-order valence-electron chi connectivity index (χ0n) is 16.5. The van der Waals surface area contributed by atoms with E-state index in [0.29, 0.717) is 26.2 Å². The Morgan fingerprint density at radius 3 is 2.69 bits per heavy atom. The van der Waals surface area contributed by atoms with Crippen LogP contribution in [0.5, 0.6) is 11.5 Å². The second-order valence-corrected chi connectivity index (χ2v) is 8.60. The van der Waals surface area contributed by atoms with Crippen molar-refractivity contribution in [3.8, 4) is 11.5 Å². The minimum Gasteiger partial charge on any atom is -0.496 e. The molecular formula is C21H15F3N2O4S2. The van der Waals surface area contributed by atoms with Crippen molar-refractivity contribution in [2.75, 3.05) is 18.6 Å². The number of amides is 2. The molecule has 11 heteroatoms. The average Bonchev–Trinajstić information content (AvgIpc) is 3.06. The first kappa shape index (κ1) is 22.2. The number of alkyl halides is 3. The van der Waals surface area contributed by atoms with Gasteiger partial charge in [0.1, 0.15) is 15.8 Å². The summed E-state index contributed by atoms with van der Waals surface area (Å²) in [5.74, 6) is -0.606. The number of benzene rings is 2. The number of thioether (sulfide) groups is 1. The molecule has 2 aromatic rings. The van der Waals surface area contributed by atoms with Gasteiger partial charge in [0.05, 0.1) is 29.8 Å². The lowest BCUT2D eigenvalue weighted by Crippen LogP contribution is -2.38. The highest BCUT2D eigenvalue weighted by atomic mass is 32.2. The molecule has 0 atom stereocenters. The van der Waals surface area contributed by atoms with E-state index in [9.17, 15) is 22.8 Å². The number of hydrogen-bond donors (Lipinski definition) is 1. The van der Waals surface area contributed by atoms with Crippen LogP contribution >= 0.6 is 24.0 Å². The molecule has 0 aliphatic carbocycles.